The minimum Gasteiger partial charge on any atom is -0.475 e. The molecule has 0 aromatic carbocycles. The predicted molar refractivity (Wildman–Crippen MR) is 87.7 cm³/mol. The van der Waals surface area contributed by atoms with Crippen LogP contribution in [0.15, 0.2) is 18.3 Å². The highest BCUT2D eigenvalue weighted by atomic mass is 19.4. The lowest BCUT2D eigenvalue weighted by Gasteiger charge is -2.36. The van der Waals surface area contributed by atoms with E-state index in [2.05, 4.69) is 4.98 Å². The second-order valence-electron chi connectivity index (χ2n) is 7.97. The number of piperidine rings is 1. The molecule has 1 saturated heterocycles. The second-order valence-corrected chi connectivity index (χ2v) is 7.97. The van der Waals surface area contributed by atoms with Gasteiger partial charge in [0.25, 0.3) is 0 Å². The predicted octanol–water partition coefficient (Wildman–Crippen LogP) is 4.12. The van der Waals surface area contributed by atoms with Gasteiger partial charge in [-0.15, -0.1) is 0 Å². The standard InChI is InChI=1S/C18H23F3N2O3/c1-17(2,3)26-16(24)23-9-12-6-11(12)7-14(23)10-25-15-5-4-13(8-22-15)18(19,20)21/h4-5,8,11-12,14H,6-7,9-10H2,1-3H3/t11?,12-,14+/m1/s1. The lowest BCUT2D eigenvalue weighted by atomic mass is 10.0. The van der Waals surface area contributed by atoms with Gasteiger partial charge in [-0.2, -0.15) is 13.2 Å². The highest BCUT2D eigenvalue weighted by molar-refractivity contribution is 5.69. The van der Waals surface area contributed by atoms with Crippen LogP contribution in [0.3, 0.4) is 0 Å². The number of nitrogens with zero attached hydrogens (tertiary/aromatic N) is 2. The van der Waals surface area contributed by atoms with E-state index in [4.69, 9.17) is 9.47 Å². The van der Waals surface area contributed by atoms with Crippen molar-refractivity contribution < 1.29 is 27.4 Å². The number of halogens is 3. The van der Waals surface area contributed by atoms with Gasteiger partial charge in [0.15, 0.2) is 0 Å². The van der Waals surface area contributed by atoms with Gasteiger partial charge in [-0.25, -0.2) is 9.78 Å². The zero-order valence-corrected chi connectivity index (χ0v) is 15.0. The highest BCUT2D eigenvalue weighted by Gasteiger charge is 2.48. The third kappa shape index (κ3) is 4.59. The van der Waals surface area contributed by atoms with E-state index in [1.165, 1.54) is 6.07 Å². The SMILES string of the molecule is CC(C)(C)OC(=O)N1C[C@H]2CC2C[C@H]1COc1ccc(C(F)(F)F)cn1. The number of pyridine rings is 1. The summed E-state index contributed by atoms with van der Waals surface area (Å²) in [7, 11) is 0. The Morgan fingerprint density at radius 2 is 1.96 bits per heavy atom. The first-order chi connectivity index (χ1) is 12.0. The summed E-state index contributed by atoms with van der Waals surface area (Å²) in [5, 5.41) is 0. The maximum absolute atomic E-state index is 12.6. The zero-order chi connectivity index (χ0) is 19.1. The van der Waals surface area contributed by atoms with Crippen molar-refractivity contribution in [3.63, 3.8) is 0 Å². The maximum atomic E-state index is 12.6. The number of amides is 1. The molecule has 2 fully saturated rings. The molecule has 1 aliphatic carbocycles. The van der Waals surface area contributed by atoms with E-state index < -0.39 is 17.3 Å². The van der Waals surface area contributed by atoms with Gasteiger partial charge in [0.2, 0.25) is 5.88 Å². The highest BCUT2D eigenvalue weighted by Crippen LogP contribution is 2.47. The summed E-state index contributed by atoms with van der Waals surface area (Å²) in [4.78, 5) is 17.9. The van der Waals surface area contributed by atoms with Crippen LogP contribution in [0.5, 0.6) is 5.88 Å². The molecule has 0 N–H and O–H groups in total. The summed E-state index contributed by atoms with van der Waals surface area (Å²) in [5.41, 5.74) is -1.41. The van der Waals surface area contributed by atoms with E-state index in [1.807, 2.05) is 20.8 Å². The van der Waals surface area contributed by atoms with Gasteiger partial charge >= 0.3 is 12.3 Å². The summed E-state index contributed by atoms with van der Waals surface area (Å²) in [6.45, 7) is 6.25. The van der Waals surface area contributed by atoms with Crippen LogP contribution < -0.4 is 4.74 Å². The van der Waals surface area contributed by atoms with Crippen molar-refractivity contribution in [3.05, 3.63) is 23.9 Å². The van der Waals surface area contributed by atoms with Crippen LogP contribution in [0, 0.1) is 11.8 Å². The number of carbonyl (C=O) groups is 1. The van der Waals surface area contributed by atoms with Crippen LogP contribution in [-0.4, -0.2) is 40.8 Å². The Morgan fingerprint density at radius 1 is 1.23 bits per heavy atom. The van der Waals surface area contributed by atoms with Gasteiger partial charge in [-0.1, -0.05) is 0 Å². The number of ether oxygens (including phenoxy) is 2. The summed E-state index contributed by atoms with van der Waals surface area (Å²) >= 11 is 0. The fraction of sp³-hybridized carbons (Fsp3) is 0.667. The number of hydrogen-bond acceptors (Lipinski definition) is 4. The monoisotopic (exact) mass is 372 g/mol. The number of hydrogen-bond donors (Lipinski definition) is 0. The third-order valence-electron chi connectivity index (χ3n) is 4.63. The molecule has 3 rings (SSSR count). The van der Waals surface area contributed by atoms with Gasteiger partial charge in [-0.05, 0) is 51.5 Å². The average molecular weight is 372 g/mol. The zero-order valence-electron chi connectivity index (χ0n) is 15.0. The molecule has 0 spiro atoms. The molecule has 8 heteroatoms. The summed E-state index contributed by atoms with van der Waals surface area (Å²) in [5.74, 6) is 1.21. The molecular formula is C18H23F3N2O3. The van der Waals surface area contributed by atoms with E-state index in [0.29, 0.717) is 18.4 Å². The van der Waals surface area contributed by atoms with Gasteiger partial charge in [0, 0.05) is 18.8 Å². The summed E-state index contributed by atoms with van der Waals surface area (Å²) in [6, 6.07) is 1.97. The first-order valence-corrected chi connectivity index (χ1v) is 8.68. The van der Waals surface area contributed by atoms with Crippen molar-refractivity contribution in [2.24, 2.45) is 11.8 Å². The quantitative estimate of drug-likeness (QED) is 0.801. The van der Waals surface area contributed by atoms with Gasteiger partial charge < -0.3 is 14.4 Å². The minimum absolute atomic E-state index is 0.111. The van der Waals surface area contributed by atoms with Crippen molar-refractivity contribution in [1.29, 1.82) is 0 Å². The Labute approximate surface area is 150 Å². The second kappa shape index (κ2) is 6.63. The lowest BCUT2D eigenvalue weighted by molar-refractivity contribution is -0.137. The van der Waals surface area contributed by atoms with Crippen LogP contribution in [0.1, 0.15) is 39.2 Å². The lowest BCUT2D eigenvalue weighted by Crippen LogP contribution is -2.49. The van der Waals surface area contributed by atoms with E-state index in [9.17, 15) is 18.0 Å². The molecule has 2 heterocycles. The molecule has 1 amide bonds. The Bertz CT molecular complexity index is 655. The number of rotatable bonds is 3. The molecular weight excluding hydrogens is 349 g/mol. The number of fused-ring (bicyclic) bond motifs is 1. The molecule has 1 aromatic rings. The molecule has 1 unspecified atom stereocenters. The van der Waals surface area contributed by atoms with Gasteiger partial charge in [0.05, 0.1) is 11.6 Å². The first-order valence-electron chi connectivity index (χ1n) is 8.68. The van der Waals surface area contributed by atoms with Crippen LogP contribution >= 0.6 is 0 Å². The largest absolute Gasteiger partial charge is 0.475 e. The topological polar surface area (TPSA) is 51.7 Å². The van der Waals surface area contributed by atoms with E-state index in [0.717, 1.165) is 25.1 Å². The van der Waals surface area contributed by atoms with Crippen LogP contribution in [0.2, 0.25) is 0 Å². The van der Waals surface area contributed by atoms with Crippen molar-refractivity contribution in [3.8, 4) is 5.88 Å². The molecule has 1 aromatic heterocycles. The van der Waals surface area contributed by atoms with Crippen LogP contribution in [-0.2, 0) is 10.9 Å². The normalized spacial score (nSPS) is 25.5. The van der Waals surface area contributed by atoms with Gasteiger partial charge in [-0.3, -0.25) is 0 Å². The van der Waals surface area contributed by atoms with Crippen molar-refractivity contribution >= 4 is 6.09 Å². The fourth-order valence-electron chi connectivity index (χ4n) is 3.22. The minimum atomic E-state index is -4.43. The molecule has 0 radical (unpaired) electrons. The van der Waals surface area contributed by atoms with E-state index in [1.54, 1.807) is 4.90 Å². The van der Waals surface area contributed by atoms with Gasteiger partial charge in [0.1, 0.15) is 12.2 Å². The molecule has 3 atom stereocenters. The number of alkyl halides is 3. The number of aromatic nitrogens is 1. The summed E-state index contributed by atoms with van der Waals surface area (Å²) in [6.07, 6.45) is -2.15. The molecule has 1 saturated carbocycles. The molecule has 144 valence electrons. The Balaban J connectivity index is 1.62. The Hall–Kier alpha value is -1.99. The molecule has 26 heavy (non-hydrogen) atoms. The fourth-order valence-corrected chi connectivity index (χ4v) is 3.22. The molecule has 0 bridgehead atoms. The Morgan fingerprint density at radius 3 is 2.54 bits per heavy atom. The average Bonchev–Trinajstić information content (AvgIpc) is 3.28. The molecule has 1 aliphatic heterocycles. The van der Waals surface area contributed by atoms with Crippen molar-refractivity contribution in [2.75, 3.05) is 13.2 Å². The number of carbonyl (C=O) groups excluding carboxylic acids is 1. The molecule has 2 aliphatic rings. The summed E-state index contributed by atoms with van der Waals surface area (Å²) < 4.78 is 48.8. The molecule has 5 nitrogen and oxygen atoms in total. The van der Waals surface area contributed by atoms with Crippen molar-refractivity contribution in [2.45, 2.75) is 51.4 Å². The van der Waals surface area contributed by atoms with E-state index >= 15 is 0 Å². The van der Waals surface area contributed by atoms with Crippen LogP contribution in [0.25, 0.3) is 0 Å². The first kappa shape index (κ1) is 18.8. The smallest absolute Gasteiger partial charge is 0.417 e. The van der Waals surface area contributed by atoms with Crippen molar-refractivity contribution in [1.82, 2.24) is 9.88 Å². The van der Waals surface area contributed by atoms with Crippen LogP contribution in [0.4, 0.5) is 18.0 Å². The number of likely N-dealkylation sites (tertiary alicyclic amines) is 1. The third-order valence-corrected chi connectivity index (χ3v) is 4.63. The maximum Gasteiger partial charge on any atom is 0.417 e. The van der Waals surface area contributed by atoms with E-state index in [-0.39, 0.29) is 24.6 Å². The Kier molecular flexibility index (Phi) is 4.79.